The summed E-state index contributed by atoms with van der Waals surface area (Å²) in [5, 5.41) is 16.0. The largest absolute Gasteiger partial charge is 0.319 e. The van der Waals surface area contributed by atoms with Crippen LogP contribution in [0.2, 0.25) is 0 Å². The van der Waals surface area contributed by atoms with Crippen LogP contribution in [0.25, 0.3) is 0 Å². The van der Waals surface area contributed by atoms with Gasteiger partial charge in [0.2, 0.25) is 0 Å². The predicted molar refractivity (Wildman–Crippen MR) is 62.6 cm³/mol. The molecule has 1 saturated heterocycles. The third kappa shape index (κ3) is 2.28. The molecular formula is C10H13N5OS. The van der Waals surface area contributed by atoms with Gasteiger partial charge in [0.1, 0.15) is 10.9 Å². The van der Waals surface area contributed by atoms with Crippen molar-refractivity contribution in [2.45, 2.75) is 19.4 Å². The summed E-state index contributed by atoms with van der Waals surface area (Å²) in [6, 6.07) is 1.74. The number of carbonyl (C=O) groups is 1. The van der Waals surface area contributed by atoms with E-state index in [1.54, 1.807) is 4.90 Å². The summed E-state index contributed by atoms with van der Waals surface area (Å²) in [6.45, 7) is 3.73. The Balaban J connectivity index is 2.22. The van der Waals surface area contributed by atoms with E-state index in [1.807, 2.05) is 6.92 Å². The molecule has 1 aliphatic heterocycles. The van der Waals surface area contributed by atoms with Gasteiger partial charge in [-0.25, -0.2) is 0 Å². The first kappa shape index (κ1) is 12.0. The van der Waals surface area contributed by atoms with Gasteiger partial charge in [0.25, 0.3) is 5.91 Å². The maximum absolute atomic E-state index is 12.3. The molecule has 0 saturated carbocycles. The van der Waals surface area contributed by atoms with Crippen LogP contribution in [0.4, 0.5) is 0 Å². The number of nitrogens with one attached hydrogen (secondary N) is 1. The van der Waals surface area contributed by atoms with E-state index in [-0.39, 0.29) is 5.91 Å². The first-order valence-corrected chi connectivity index (χ1v) is 6.27. The van der Waals surface area contributed by atoms with Gasteiger partial charge in [-0.3, -0.25) is 4.79 Å². The normalized spacial score (nSPS) is 20.0. The summed E-state index contributed by atoms with van der Waals surface area (Å²) >= 11 is 1.11. The minimum Gasteiger partial charge on any atom is -0.319 e. The topological polar surface area (TPSA) is 81.9 Å². The number of aryl methyl sites for hydroxylation is 1. The molecule has 1 fully saturated rings. The van der Waals surface area contributed by atoms with Gasteiger partial charge in [0.05, 0.1) is 11.8 Å². The molecular weight excluding hydrogens is 238 g/mol. The first-order valence-electron chi connectivity index (χ1n) is 5.50. The van der Waals surface area contributed by atoms with Crippen LogP contribution in [0, 0.1) is 11.3 Å². The van der Waals surface area contributed by atoms with E-state index in [9.17, 15) is 4.79 Å². The van der Waals surface area contributed by atoms with Crippen molar-refractivity contribution in [1.82, 2.24) is 19.8 Å². The number of nitriles is 1. The highest BCUT2D eigenvalue weighted by Gasteiger charge is 2.29. The number of amides is 1. The minimum absolute atomic E-state index is 0.120. The van der Waals surface area contributed by atoms with Gasteiger partial charge in [0, 0.05) is 19.6 Å². The molecule has 0 radical (unpaired) electrons. The van der Waals surface area contributed by atoms with Crippen molar-refractivity contribution in [2.24, 2.45) is 0 Å². The second-order valence-electron chi connectivity index (χ2n) is 3.75. The highest BCUT2D eigenvalue weighted by molar-refractivity contribution is 7.08. The van der Waals surface area contributed by atoms with Gasteiger partial charge in [-0.1, -0.05) is 11.4 Å². The lowest BCUT2D eigenvalue weighted by Gasteiger charge is -2.31. The van der Waals surface area contributed by atoms with Gasteiger partial charge in [-0.15, -0.1) is 5.10 Å². The summed E-state index contributed by atoms with van der Waals surface area (Å²) in [4.78, 5) is 14.5. The number of hydrogen-bond donors (Lipinski definition) is 1. The minimum atomic E-state index is -0.400. The molecule has 90 valence electrons. The number of piperazine rings is 1. The highest BCUT2D eigenvalue weighted by atomic mass is 32.1. The molecule has 6 nitrogen and oxygen atoms in total. The summed E-state index contributed by atoms with van der Waals surface area (Å²) in [5.74, 6) is -0.120. The second kappa shape index (κ2) is 5.21. The standard InChI is InChI=1S/C10H13N5OS/c1-2-8-9(17-14-13-8)10(16)15-4-3-12-6-7(15)5-11/h7,12H,2-4,6H2,1H3. The third-order valence-corrected chi connectivity index (χ3v) is 3.49. The van der Waals surface area contributed by atoms with Crippen LogP contribution in [0.1, 0.15) is 22.3 Å². The number of carbonyl (C=O) groups excluding carboxylic acids is 1. The van der Waals surface area contributed by atoms with Crippen molar-refractivity contribution in [3.63, 3.8) is 0 Å². The first-order chi connectivity index (χ1) is 8.27. The second-order valence-corrected chi connectivity index (χ2v) is 4.50. The summed E-state index contributed by atoms with van der Waals surface area (Å²) < 4.78 is 3.81. The molecule has 1 aromatic heterocycles. The zero-order chi connectivity index (χ0) is 12.3. The van der Waals surface area contributed by atoms with Gasteiger partial charge >= 0.3 is 0 Å². The Hall–Kier alpha value is -1.52. The van der Waals surface area contributed by atoms with Crippen LogP contribution >= 0.6 is 11.5 Å². The van der Waals surface area contributed by atoms with Crippen LogP contribution in [0.5, 0.6) is 0 Å². The van der Waals surface area contributed by atoms with Crippen molar-refractivity contribution in [2.75, 3.05) is 19.6 Å². The lowest BCUT2D eigenvalue weighted by atomic mass is 10.2. The molecule has 7 heteroatoms. The average molecular weight is 251 g/mol. The van der Waals surface area contributed by atoms with Gasteiger partial charge in [-0.2, -0.15) is 5.26 Å². The Labute approximate surface area is 103 Å². The van der Waals surface area contributed by atoms with E-state index in [0.717, 1.165) is 23.8 Å². The summed E-state index contributed by atoms with van der Waals surface area (Å²) in [5.41, 5.74) is 0.718. The highest BCUT2D eigenvalue weighted by Crippen LogP contribution is 2.16. The molecule has 17 heavy (non-hydrogen) atoms. The smallest absolute Gasteiger partial charge is 0.268 e. The van der Waals surface area contributed by atoms with Crippen molar-refractivity contribution in [3.05, 3.63) is 10.6 Å². The zero-order valence-corrected chi connectivity index (χ0v) is 10.3. The molecule has 1 N–H and O–H groups in total. The summed E-state index contributed by atoms with van der Waals surface area (Å²) in [7, 11) is 0. The van der Waals surface area contributed by atoms with E-state index in [4.69, 9.17) is 5.26 Å². The number of aromatic nitrogens is 2. The lowest BCUT2D eigenvalue weighted by molar-refractivity contribution is 0.0691. The van der Waals surface area contributed by atoms with Crippen LogP contribution in [-0.4, -0.2) is 46.1 Å². The maximum Gasteiger partial charge on any atom is 0.268 e. The Kier molecular flexibility index (Phi) is 3.66. The Morgan fingerprint density at radius 2 is 2.59 bits per heavy atom. The number of nitrogens with zero attached hydrogens (tertiary/aromatic N) is 4. The monoisotopic (exact) mass is 251 g/mol. The SMILES string of the molecule is CCc1nnsc1C(=O)N1CCNCC1C#N. The van der Waals surface area contributed by atoms with Crippen LogP contribution in [0.15, 0.2) is 0 Å². The maximum atomic E-state index is 12.3. The molecule has 2 heterocycles. The molecule has 0 bridgehead atoms. The van der Waals surface area contributed by atoms with Crippen LogP contribution in [-0.2, 0) is 6.42 Å². The van der Waals surface area contributed by atoms with Crippen LogP contribution in [0.3, 0.4) is 0 Å². The van der Waals surface area contributed by atoms with E-state index in [0.29, 0.717) is 24.4 Å². The fourth-order valence-electron chi connectivity index (χ4n) is 1.80. The van der Waals surface area contributed by atoms with E-state index in [1.165, 1.54) is 0 Å². The Morgan fingerprint density at radius 1 is 1.76 bits per heavy atom. The van der Waals surface area contributed by atoms with Crippen molar-refractivity contribution >= 4 is 17.4 Å². The molecule has 1 aliphatic rings. The Morgan fingerprint density at radius 3 is 3.29 bits per heavy atom. The molecule has 1 amide bonds. The summed E-state index contributed by atoms with van der Waals surface area (Å²) in [6.07, 6.45) is 0.681. The van der Waals surface area contributed by atoms with Gasteiger partial charge in [0.15, 0.2) is 0 Å². The van der Waals surface area contributed by atoms with Gasteiger partial charge in [-0.05, 0) is 18.0 Å². The average Bonchev–Trinajstić information content (AvgIpc) is 2.86. The fraction of sp³-hybridized carbons (Fsp3) is 0.600. The lowest BCUT2D eigenvalue weighted by Crippen LogP contribution is -2.53. The van der Waals surface area contributed by atoms with E-state index in [2.05, 4.69) is 21.0 Å². The van der Waals surface area contributed by atoms with Gasteiger partial charge < -0.3 is 10.2 Å². The molecule has 1 aromatic rings. The van der Waals surface area contributed by atoms with Crippen molar-refractivity contribution in [3.8, 4) is 6.07 Å². The Bertz CT molecular complexity index is 452. The number of hydrogen-bond acceptors (Lipinski definition) is 6. The molecule has 0 aromatic carbocycles. The predicted octanol–water partition coefficient (Wildman–Crippen LogP) is 0.0381. The van der Waals surface area contributed by atoms with Crippen LogP contribution < -0.4 is 5.32 Å². The fourth-order valence-corrected chi connectivity index (χ4v) is 2.50. The van der Waals surface area contributed by atoms with Crippen molar-refractivity contribution < 1.29 is 4.79 Å². The van der Waals surface area contributed by atoms with Crippen molar-refractivity contribution in [1.29, 1.82) is 5.26 Å². The quantitative estimate of drug-likeness (QED) is 0.802. The molecule has 1 atom stereocenters. The zero-order valence-electron chi connectivity index (χ0n) is 9.51. The molecule has 2 rings (SSSR count). The molecule has 0 aliphatic carbocycles. The van der Waals surface area contributed by atoms with E-state index < -0.39 is 6.04 Å². The molecule has 0 spiro atoms. The molecule has 1 unspecified atom stereocenters. The number of rotatable bonds is 2. The van der Waals surface area contributed by atoms with E-state index >= 15 is 0 Å². The third-order valence-electron chi connectivity index (χ3n) is 2.74.